The molecule has 0 aromatic carbocycles. The molecule has 0 radical (unpaired) electrons. The van der Waals surface area contributed by atoms with Crippen LogP contribution in [0.4, 0.5) is 0 Å². The first-order chi connectivity index (χ1) is 4.29. The van der Waals surface area contributed by atoms with E-state index in [-0.39, 0.29) is 4.65 Å². The van der Waals surface area contributed by atoms with Crippen molar-refractivity contribution in [2.24, 2.45) is 5.92 Å². The number of quaternary nitrogens is 1. The number of nitrogens with zero attached hydrogens (tertiary/aromatic N) is 1. The van der Waals surface area contributed by atoms with E-state index in [4.69, 9.17) is 0 Å². The highest BCUT2D eigenvalue weighted by Gasteiger charge is 2.26. The van der Waals surface area contributed by atoms with Crippen molar-refractivity contribution in [1.82, 2.24) is 0 Å². The Labute approximate surface area is 55.6 Å². The Morgan fingerprint density at radius 2 is 2.00 bits per heavy atom. The molecule has 2 bridgehead atoms. The van der Waals surface area contributed by atoms with Gasteiger partial charge < -0.3 is 9.85 Å². The number of hydroxylamine groups is 3. The molecule has 0 spiro atoms. The summed E-state index contributed by atoms with van der Waals surface area (Å²) in [6.07, 6.45) is 3.41. The molecule has 3 rings (SSSR count). The lowest BCUT2D eigenvalue weighted by Gasteiger charge is -2.61. The minimum atomic E-state index is 0.0104. The van der Waals surface area contributed by atoms with Crippen LogP contribution in [-0.2, 0) is 0 Å². The van der Waals surface area contributed by atoms with Crippen LogP contribution in [0.1, 0.15) is 19.3 Å². The smallest absolute Gasteiger partial charge is 0.0545 e. The van der Waals surface area contributed by atoms with Crippen LogP contribution in [0.5, 0.6) is 0 Å². The zero-order valence-corrected chi connectivity index (χ0v) is 5.55. The van der Waals surface area contributed by atoms with Crippen LogP contribution < -0.4 is 0 Å². The monoisotopic (exact) mass is 126 g/mol. The van der Waals surface area contributed by atoms with E-state index >= 15 is 0 Å². The summed E-state index contributed by atoms with van der Waals surface area (Å²) in [6.45, 7) is 3.65. The molecule has 3 saturated heterocycles. The predicted molar refractivity (Wildman–Crippen MR) is 35.0 cm³/mol. The average molecular weight is 126 g/mol. The third kappa shape index (κ3) is 0.864. The van der Waals surface area contributed by atoms with Gasteiger partial charge in [0.15, 0.2) is 0 Å². The Morgan fingerprint density at radius 3 is 2.22 bits per heavy atom. The Bertz CT molecular complexity index is 102. The molecule has 0 N–H and O–H groups in total. The summed E-state index contributed by atoms with van der Waals surface area (Å²) in [5.74, 6) is 0.860. The van der Waals surface area contributed by atoms with Crippen molar-refractivity contribution in [1.29, 1.82) is 0 Å². The van der Waals surface area contributed by atoms with Gasteiger partial charge in [-0.25, -0.2) is 0 Å². The van der Waals surface area contributed by atoms with Gasteiger partial charge in [0.1, 0.15) is 0 Å². The summed E-state index contributed by atoms with van der Waals surface area (Å²) in [5, 5.41) is 11.4. The lowest BCUT2D eigenvalue weighted by atomic mass is 9.88. The first-order valence-corrected chi connectivity index (χ1v) is 3.71. The first-order valence-electron chi connectivity index (χ1n) is 3.71. The second kappa shape index (κ2) is 1.70. The van der Waals surface area contributed by atoms with E-state index < -0.39 is 0 Å². The molecular weight excluding hydrogens is 114 g/mol. The quantitative estimate of drug-likeness (QED) is 0.272. The van der Waals surface area contributed by atoms with Crippen LogP contribution in [0.15, 0.2) is 0 Å². The number of fused-ring (bicyclic) bond motifs is 3. The number of hydrogen-bond donors (Lipinski definition) is 0. The molecule has 0 saturated carbocycles. The maximum Gasteiger partial charge on any atom is 0.0545 e. The van der Waals surface area contributed by atoms with Gasteiger partial charge in [0.2, 0.25) is 0 Å². The number of piperidine rings is 3. The van der Waals surface area contributed by atoms with Gasteiger partial charge in [-0.2, -0.15) is 0 Å². The normalized spacial score (nSPS) is 49.7. The van der Waals surface area contributed by atoms with Crippen LogP contribution in [-0.4, -0.2) is 17.7 Å². The summed E-state index contributed by atoms with van der Waals surface area (Å²) < 4.78 is 0.0104. The van der Waals surface area contributed by atoms with Crippen molar-refractivity contribution in [2.75, 3.05) is 13.1 Å². The van der Waals surface area contributed by atoms with E-state index in [1.165, 1.54) is 12.8 Å². The third-order valence-corrected chi connectivity index (χ3v) is 2.60. The standard InChI is InChI=1S/C7H12NO/c9-8-4-1-7(2-5-8)3-6-8/h4,7H,1-3,5-6H2/q-1. The van der Waals surface area contributed by atoms with E-state index in [2.05, 4.69) is 0 Å². The minimum absolute atomic E-state index is 0.0104. The van der Waals surface area contributed by atoms with Crippen LogP contribution in [0.3, 0.4) is 0 Å². The summed E-state index contributed by atoms with van der Waals surface area (Å²) in [5.41, 5.74) is 0. The van der Waals surface area contributed by atoms with E-state index in [0.717, 1.165) is 25.4 Å². The van der Waals surface area contributed by atoms with Gasteiger partial charge in [-0.15, -0.1) is 13.0 Å². The topological polar surface area (TPSA) is 23.1 Å². The van der Waals surface area contributed by atoms with Gasteiger partial charge in [0, 0.05) is 0 Å². The summed E-state index contributed by atoms with van der Waals surface area (Å²) >= 11 is 0. The average Bonchev–Trinajstić information content (AvgIpc) is 1.90. The maximum atomic E-state index is 11.4. The van der Waals surface area contributed by atoms with Crippen LogP contribution in [0, 0.1) is 17.7 Å². The molecule has 0 unspecified atom stereocenters. The third-order valence-electron chi connectivity index (χ3n) is 2.60. The molecule has 0 aromatic rings. The molecule has 0 aromatic heterocycles. The molecule has 0 aliphatic carbocycles. The SMILES string of the molecule is [O-][N+]12[CH-]CC(CC1)CC2. The predicted octanol–water partition coefficient (Wildman–Crippen LogP) is 1.28. The van der Waals surface area contributed by atoms with Crippen molar-refractivity contribution in [3.8, 4) is 0 Å². The minimum Gasteiger partial charge on any atom is -0.662 e. The van der Waals surface area contributed by atoms with E-state index in [0.29, 0.717) is 0 Å². The van der Waals surface area contributed by atoms with Gasteiger partial charge in [0.25, 0.3) is 0 Å². The van der Waals surface area contributed by atoms with Gasteiger partial charge >= 0.3 is 0 Å². The van der Waals surface area contributed by atoms with Crippen molar-refractivity contribution < 1.29 is 4.65 Å². The lowest BCUT2D eigenvalue weighted by molar-refractivity contribution is -0.867. The Morgan fingerprint density at radius 1 is 1.33 bits per heavy atom. The highest BCUT2D eigenvalue weighted by molar-refractivity contribution is 4.77. The summed E-state index contributed by atoms with van der Waals surface area (Å²) in [4.78, 5) is 0. The van der Waals surface area contributed by atoms with Crippen molar-refractivity contribution in [2.45, 2.75) is 19.3 Å². The first kappa shape index (κ1) is 5.69. The fourth-order valence-corrected chi connectivity index (χ4v) is 1.82. The zero-order chi connectivity index (χ0) is 6.32. The molecule has 9 heavy (non-hydrogen) atoms. The molecule has 2 heteroatoms. The number of rotatable bonds is 0. The van der Waals surface area contributed by atoms with E-state index in [9.17, 15) is 5.21 Å². The van der Waals surface area contributed by atoms with Crippen LogP contribution in [0.25, 0.3) is 0 Å². The molecule has 3 aliphatic heterocycles. The Kier molecular flexibility index (Phi) is 1.08. The summed E-state index contributed by atoms with van der Waals surface area (Å²) in [7, 11) is 0. The Balaban J connectivity index is 2.11. The largest absolute Gasteiger partial charge is 0.662 e. The summed E-state index contributed by atoms with van der Waals surface area (Å²) in [6, 6.07) is 0. The van der Waals surface area contributed by atoms with Crippen molar-refractivity contribution in [3.63, 3.8) is 0 Å². The molecule has 3 aliphatic rings. The molecule has 52 valence electrons. The highest BCUT2D eigenvalue weighted by atomic mass is 16.5. The number of hydrogen-bond acceptors (Lipinski definition) is 1. The second-order valence-electron chi connectivity index (χ2n) is 3.26. The van der Waals surface area contributed by atoms with Gasteiger partial charge in [0.05, 0.1) is 13.1 Å². The lowest BCUT2D eigenvalue weighted by Crippen LogP contribution is -2.50. The molecule has 3 fully saturated rings. The zero-order valence-electron chi connectivity index (χ0n) is 5.55. The molecule has 0 atom stereocenters. The van der Waals surface area contributed by atoms with Crippen molar-refractivity contribution >= 4 is 0 Å². The van der Waals surface area contributed by atoms with Gasteiger partial charge in [-0.3, -0.25) is 0 Å². The fraction of sp³-hybridized carbons (Fsp3) is 0.857. The second-order valence-corrected chi connectivity index (χ2v) is 3.26. The van der Waals surface area contributed by atoms with E-state index in [1.54, 1.807) is 0 Å². The molecule has 3 heterocycles. The van der Waals surface area contributed by atoms with Crippen LogP contribution in [0.2, 0.25) is 0 Å². The van der Waals surface area contributed by atoms with Crippen LogP contribution >= 0.6 is 0 Å². The maximum absolute atomic E-state index is 11.4. The molecular formula is C7H12NO-. The Hall–Kier alpha value is -0.0800. The van der Waals surface area contributed by atoms with Gasteiger partial charge in [-0.1, -0.05) is 5.92 Å². The van der Waals surface area contributed by atoms with Gasteiger partial charge in [-0.05, 0) is 12.8 Å². The van der Waals surface area contributed by atoms with E-state index in [1.807, 2.05) is 6.54 Å². The molecule has 2 nitrogen and oxygen atoms in total. The fourth-order valence-electron chi connectivity index (χ4n) is 1.82. The molecule has 0 amide bonds. The van der Waals surface area contributed by atoms with Crippen molar-refractivity contribution in [3.05, 3.63) is 11.8 Å². The highest BCUT2D eigenvalue weighted by Crippen LogP contribution is 2.34.